The van der Waals surface area contributed by atoms with Crippen molar-refractivity contribution in [2.24, 2.45) is 0 Å². The second-order valence-electron chi connectivity index (χ2n) is 7.20. The molecular formula is C24H20Cl2N4O3. The zero-order chi connectivity index (χ0) is 23.2. The first kappa shape index (κ1) is 22.6. The van der Waals surface area contributed by atoms with Crippen LogP contribution in [0.1, 0.15) is 27.3 Å². The van der Waals surface area contributed by atoms with Crippen molar-refractivity contribution >= 4 is 40.7 Å². The lowest BCUT2D eigenvalue weighted by Gasteiger charge is -2.11. The molecular weight excluding hydrogens is 463 g/mol. The van der Waals surface area contributed by atoms with Gasteiger partial charge < -0.3 is 19.6 Å². The third-order valence-electron chi connectivity index (χ3n) is 4.89. The highest BCUT2D eigenvalue weighted by molar-refractivity contribution is 6.42. The number of furan rings is 1. The van der Waals surface area contributed by atoms with Crippen LogP contribution in [0.4, 0.5) is 5.69 Å². The van der Waals surface area contributed by atoms with Gasteiger partial charge in [-0.15, -0.1) is 0 Å². The molecule has 0 aliphatic heterocycles. The Balaban J connectivity index is 1.40. The van der Waals surface area contributed by atoms with Gasteiger partial charge in [0.2, 0.25) is 0 Å². The van der Waals surface area contributed by atoms with Gasteiger partial charge in [0.1, 0.15) is 5.76 Å². The van der Waals surface area contributed by atoms with Crippen molar-refractivity contribution in [3.63, 3.8) is 0 Å². The Kier molecular flexibility index (Phi) is 7.12. The molecule has 0 spiro atoms. The first-order chi connectivity index (χ1) is 16.0. The van der Waals surface area contributed by atoms with Gasteiger partial charge in [0.15, 0.2) is 5.76 Å². The highest BCUT2D eigenvalue weighted by atomic mass is 35.5. The maximum absolute atomic E-state index is 12.8. The van der Waals surface area contributed by atoms with Crippen LogP contribution in [0.2, 0.25) is 10.0 Å². The van der Waals surface area contributed by atoms with Gasteiger partial charge in [-0.25, -0.2) is 4.98 Å². The van der Waals surface area contributed by atoms with Gasteiger partial charge in [0.05, 0.1) is 27.6 Å². The largest absolute Gasteiger partial charge is 0.451 e. The van der Waals surface area contributed by atoms with Crippen LogP contribution in [0.15, 0.2) is 77.7 Å². The van der Waals surface area contributed by atoms with E-state index in [0.29, 0.717) is 39.2 Å². The normalized spacial score (nSPS) is 10.7. The van der Waals surface area contributed by atoms with Crippen molar-refractivity contribution in [2.45, 2.75) is 13.0 Å². The molecule has 9 heteroatoms. The van der Waals surface area contributed by atoms with E-state index in [9.17, 15) is 9.59 Å². The van der Waals surface area contributed by atoms with Crippen LogP contribution in [0.25, 0.3) is 11.3 Å². The second-order valence-corrected chi connectivity index (χ2v) is 8.02. The Labute approximate surface area is 200 Å². The van der Waals surface area contributed by atoms with E-state index in [-0.39, 0.29) is 11.7 Å². The Bertz CT molecular complexity index is 1270. The number of carbonyl (C=O) groups excluding carboxylic acids is 2. The number of imidazole rings is 1. The van der Waals surface area contributed by atoms with Crippen LogP contribution in [-0.4, -0.2) is 27.9 Å². The van der Waals surface area contributed by atoms with Gasteiger partial charge in [-0.05, 0) is 48.9 Å². The lowest BCUT2D eigenvalue weighted by molar-refractivity contribution is 0.0953. The van der Waals surface area contributed by atoms with E-state index in [2.05, 4.69) is 15.6 Å². The van der Waals surface area contributed by atoms with Crippen LogP contribution < -0.4 is 10.6 Å². The quantitative estimate of drug-likeness (QED) is 0.323. The number of nitrogens with zero attached hydrogens (tertiary/aromatic N) is 2. The summed E-state index contributed by atoms with van der Waals surface area (Å²) in [6.45, 7) is 1.24. The zero-order valence-corrected chi connectivity index (χ0v) is 18.9. The van der Waals surface area contributed by atoms with Crippen molar-refractivity contribution < 1.29 is 14.0 Å². The average molecular weight is 483 g/mol. The second kappa shape index (κ2) is 10.4. The SMILES string of the molecule is O=C(Nc1ccccc1C(=O)NCCCn1ccnc1)c1ccc(-c2ccc(Cl)c(Cl)c2)o1. The summed E-state index contributed by atoms with van der Waals surface area (Å²) in [7, 11) is 0. The molecule has 0 saturated carbocycles. The summed E-state index contributed by atoms with van der Waals surface area (Å²) in [4.78, 5) is 29.4. The highest BCUT2D eigenvalue weighted by Crippen LogP contribution is 2.30. The first-order valence-corrected chi connectivity index (χ1v) is 11.0. The molecule has 4 rings (SSSR count). The van der Waals surface area contributed by atoms with E-state index in [1.165, 1.54) is 0 Å². The van der Waals surface area contributed by atoms with Crippen LogP contribution in [0.5, 0.6) is 0 Å². The number of para-hydroxylation sites is 1. The van der Waals surface area contributed by atoms with Crippen LogP contribution in [-0.2, 0) is 6.54 Å². The fourth-order valence-electron chi connectivity index (χ4n) is 3.22. The third kappa shape index (κ3) is 5.63. The minimum atomic E-state index is -0.471. The van der Waals surface area contributed by atoms with Crippen molar-refractivity contribution in [3.05, 3.63) is 94.7 Å². The van der Waals surface area contributed by atoms with Gasteiger partial charge in [0.25, 0.3) is 11.8 Å². The molecule has 0 aliphatic carbocycles. The summed E-state index contributed by atoms with van der Waals surface area (Å²) in [6, 6.07) is 15.1. The molecule has 0 atom stereocenters. The molecule has 0 saturated heterocycles. The van der Waals surface area contributed by atoms with Gasteiger partial charge in [-0.3, -0.25) is 9.59 Å². The molecule has 2 aromatic heterocycles. The number of nitrogens with one attached hydrogen (secondary N) is 2. The molecule has 2 heterocycles. The van der Waals surface area contributed by atoms with E-state index >= 15 is 0 Å². The smallest absolute Gasteiger partial charge is 0.291 e. The van der Waals surface area contributed by atoms with Crippen molar-refractivity contribution in [1.29, 1.82) is 0 Å². The summed E-state index contributed by atoms with van der Waals surface area (Å²) in [5.74, 6) is -0.164. The standard InChI is InChI=1S/C24H20Cl2N4O3/c25-18-7-6-16(14-19(18)26)21-8-9-22(33-21)24(32)29-20-5-2-1-4-17(20)23(31)28-10-3-12-30-13-11-27-15-30/h1-2,4-9,11,13-15H,3,10,12H2,(H,28,31)(H,29,32). The van der Waals surface area contributed by atoms with Gasteiger partial charge in [-0.2, -0.15) is 0 Å². The van der Waals surface area contributed by atoms with Crippen LogP contribution in [0, 0.1) is 0 Å². The fraction of sp³-hybridized carbons (Fsp3) is 0.125. The van der Waals surface area contributed by atoms with Crippen molar-refractivity contribution in [3.8, 4) is 11.3 Å². The third-order valence-corrected chi connectivity index (χ3v) is 5.63. The molecule has 2 N–H and O–H groups in total. The molecule has 2 aromatic carbocycles. The van der Waals surface area contributed by atoms with E-state index in [1.807, 2.05) is 10.8 Å². The number of amides is 2. The van der Waals surface area contributed by atoms with E-state index in [0.717, 1.165) is 13.0 Å². The topological polar surface area (TPSA) is 89.2 Å². The van der Waals surface area contributed by atoms with Crippen LogP contribution in [0.3, 0.4) is 0 Å². The monoisotopic (exact) mass is 482 g/mol. The molecule has 0 radical (unpaired) electrons. The molecule has 168 valence electrons. The van der Waals surface area contributed by atoms with E-state index in [1.54, 1.807) is 67.1 Å². The number of aryl methyl sites for hydroxylation is 1. The van der Waals surface area contributed by atoms with Gasteiger partial charge in [0, 0.05) is 31.0 Å². The molecule has 0 unspecified atom stereocenters. The number of hydrogen-bond donors (Lipinski definition) is 2. The van der Waals surface area contributed by atoms with Crippen molar-refractivity contribution in [2.75, 3.05) is 11.9 Å². The minimum Gasteiger partial charge on any atom is -0.451 e. The zero-order valence-electron chi connectivity index (χ0n) is 17.4. The number of anilines is 1. The Hall–Kier alpha value is -3.55. The predicted molar refractivity (Wildman–Crippen MR) is 128 cm³/mol. The van der Waals surface area contributed by atoms with Crippen molar-refractivity contribution in [1.82, 2.24) is 14.9 Å². The highest BCUT2D eigenvalue weighted by Gasteiger charge is 2.17. The molecule has 4 aromatic rings. The maximum Gasteiger partial charge on any atom is 0.291 e. The van der Waals surface area contributed by atoms with E-state index < -0.39 is 5.91 Å². The molecule has 0 aliphatic rings. The number of benzene rings is 2. The molecule has 0 bridgehead atoms. The predicted octanol–water partition coefficient (Wildman–Crippen LogP) is 5.52. The number of rotatable bonds is 8. The van der Waals surface area contributed by atoms with E-state index in [4.69, 9.17) is 27.6 Å². The van der Waals surface area contributed by atoms with Crippen LogP contribution >= 0.6 is 23.2 Å². The lowest BCUT2D eigenvalue weighted by Crippen LogP contribution is -2.26. The summed E-state index contributed by atoms with van der Waals surface area (Å²) in [5, 5.41) is 6.45. The Morgan fingerprint density at radius 3 is 2.64 bits per heavy atom. The Morgan fingerprint density at radius 1 is 1.00 bits per heavy atom. The summed E-state index contributed by atoms with van der Waals surface area (Å²) >= 11 is 12.0. The molecule has 7 nitrogen and oxygen atoms in total. The summed E-state index contributed by atoms with van der Waals surface area (Å²) < 4.78 is 7.63. The molecule has 0 fully saturated rings. The number of hydrogen-bond acceptors (Lipinski definition) is 4. The number of aromatic nitrogens is 2. The summed E-state index contributed by atoms with van der Waals surface area (Å²) in [5.41, 5.74) is 1.45. The first-order valence-electron chi connectivity index (χ1n) is 10.2. The fourth-order valence-corrected chi connectivity index (χ4v) is 3.51. The molecule has 33 heavy (non-hydrogen) atoms. The Morgan fingerprint density at radius 2 is 1.85 bits per heavy atom. The number of carbonyl (C=O) groups is 2. The summed E-state index contributed by atoms with van der Waals surface area (Å²) in [6.07, 6.45) is 6.06. The average Bonchev–Trinajstić information content (AvgIpc) is 3.51. The lowest BCUT2D eigenvalue weighted by atomic mass is 10.1. The minimum absolute atomic E-state index is 0.103. The number of halogens is 2. The van der Waals surface area contributed by atoms with Gasteiger partial charge >= 0.3 is 0 Å². The van der Waals surface area contributed by atoms with Gasteiger partial charge in [-0.1, -0.05) is 35.3 Å². The molecule has 2 amide bonds. The maximum atomic E-state index is 12.8.